The van der Waals surface area contributed by atoms with Gasteiger partial charge < -0.3 is 0 Å². The van der Waals surface area contributed by atoms with Gasteiger partial charge in [-0.3, -0.25) is 0 Å². The molecule has 0 aliphatic rings. The fourth-order valence-corrected chi connectivity index (χ4v) is 2.22. The van der Waals surface area contributed by atoms with Gasteiger partial charge in [-0.05, 0) is 0 Å². The van der Waals surface area contributed by atoms with Crippen molar-refractivity contribution in [2.45, 2.75) is 41.5 Å². The molecule has 2 rings (SSSR count). The van der Waals surface area contributed by atoms with Crippen molar-refractivity contribution in [3.63, 3.8) is 0 Å². The monoisotopic (exact) mass is 290 g/mol. The van der Waals surface area contributed by atoms with E-state index in [9.17, 15) is 0 Å². The standard InChI is InChI=1S/2C9H11.Cr/c2*1-7-4-8(2)6-9(3)5-7;/h2*4-5H,1-3H3;/q2*-1;+2. The van der Waals surface area contributed by atoms with Crippen LogP contribution in [-0.2, 0) is 17.4 Å². The van der Waals surface area contributed by atoms with Gasteiger partial charge in [-0.25, -0.2) is 0 Å². The van der Waals surface area contributed by atoms with Gasteiger partial charge in [-0.1, -0.05) is 41.5 Å². The Bertz CT molecular complexity index is 377. The van der Waals surface area contributed by atoms with Crippen molar-refractivity contribution in [1.82, 2.24) is 0 Å². The molecule has 0 amide bonds. The Hall–Kier alpha value is -1.03. The Balaban J connectivity index is 0.000000324. The molecule has 0 unspecified atom stereocenters. The minimum absolute atomic E-state index is 0. The molecule has 0 heterocycles. The van der Waals surface area contributed by atoms with E-state index in [1.807, 2.05) is 0 Å². The van der Waals surface area contributed by atoms with Gasteiger partial charge in [0.2, 0.25) is 0 Å². The van der Waals surface area contributed by atoms with Crippen molar-refractivity contribution in [2.24, 2.45) is 0 Å². The summed E-state index contributed by atoms with van der Waals surface area (Å²) in [5.74, 6) is 0. The molecule has 2 aromatic rings. The average Bonchev–Trinajstić information content (AvgIpc) is 2.12. The summed E-state index contributed by atoms with van der Waals surface area (Å²) in [7, 11) is 0. The fraction of sp³-hybridized carbons (Fsp3) is 0.333. The SMILES string of the molecule is Cc1[c-]c(C)cc(C)c1.Cc1[c-]c(C)cc(C)c1.[Cr+2]. The van der Waals surface area contributed by atoms with E-state index in [0.717, 1.165) is 0 Å². The predicted molar refractivity (Wildman–Crippen MR) is 79.0 cm³/mol. The third-order valence-electron chi connectivity index (χ3n) is 2.57. The van der Waals surface area contributed by atoms with Gasteiger partial charge in [0, 0.05) is 0 Å². The van der Waals surface area contributed by atoms with Crippen LogP contribution in [0.25, 0.3) is 0 Å². The van der Waals surface area contributed by atoms with Crippen LogP contribution in [0.15, 0.2) is 24.3 Å². The van der Waals surface area contributed by atoms with E-state index in [2.05, 4.69) is 77.9 Å². The molecule has 1 heteroatoms. The van der Waals surface area contributed by atoms with Gasteiger partial charge in [0.15, 0.2) is 0 Å². The van der Waals surface area contributed by atoms with Gasteiger partial charge in [0.05, 0.1) is 0 Å². The molecular formula is C18H22Cr. The molecule has 0 fully saturated rings. The van der Waals surface area contributed by atoms with Gasteiger partial charge in [-0.15, -0.1) is 0 Å². The molecule has 0 saturated carbocycles. The summed E-state index contributed by atoms with van der Waals surface area (Å²) < 4.78 is 0. The van der Waals surface area contributed by atoms with Crippen LogP contribution >= 0.6 is 0 Å². The fourth-order valence-electron chi connectivity index (χ4n) is 2.22. The zero-order chi connectivity index (χ0) is 13.7. The topological polar surface area (TPSA) is 0 Å². The molecule has 0 N–H and O–H groups in total. The average molecular weight is 290 g/mol. The molecule has 0 spiro atoms. The summed E-state index contributed by atoms with van der Waals surface area (Å²) in [5.41, 5.74) is 7.56. The Morgan fingerprint density at radius 1 is 0.526 bits per heavy atom. The maximum Gasteiger partial charge on any atom is 2.00 e. The Morgan fingerprint density at radius 3 is 0.895 bits per heavy atom. The first kappa shape index (κ1) is 18.0. The minimum atomic E-state index is 0. The molecular weight excluding hydrogens is 268 g/mol. The smallest absolute Gasteiger partial charge is 0.177 e. The maximum absolute atomic E-state index is 3.21. The minimum Gasteiger partial charge on any atom is -0.177 e. The predicted octanol–water partition coefficient (Wildman–Crippen LogP) is 4.82. The summed E-state index contributed by atoms with van der Waals surface area (Å²) >= 11 is 0. The first-order chi connectivity index (χ1) is 8.36. The molecule has 0 bridgehead atoms. The van der Waals surface area contributed by atoms with Crippen LogP contribution in [0.4, 0.5) is 0 Å². The third kappa shape index (κ3) is 7.21. The van der Waals surface area contributed by atoms with E-state index in [4.69, 9.17) is 0 Å². The summed E-state index contributed by atoms with van der Waals surface area (Å²) in [6, 6.07) is 14.9. The Labute approximate surface area is 129 Å². The number of rotatable bonds is 0. The summed E-state index contributed by atoms with van der Waals surface area (Å²) in [4.78, 5) is 0. The molecule has 0 radical (unpaired) electrons. The van der Waals surface area contributed by atoms with Crippen LogP contribution in [-0.4, -0.2) is 0 Å². The Morgan fingerprint density at radius 2 is 0.737 bits per heavy atom. The molecule has 0 atom stereocenters. The molecule has 0 nitrogen and oxygen atoms in total. The number of benzene rings is 2. The van der Waals surface area contributed by atoms with Crippen LogP contribution in [0.1, 0.15) is 33.4 Å². The number of hydrogen-bond acceptors (Lipinski definition) is 0. The second-order valence-corrected chi connectivity index (χ2v) is 5.05. The van der Waals surface area contributed by atoms with E-state index < -0.39 is 0 Å². The van der Waals surface area contributed by atoms with Crippen LogP contribution in [0.3, 0.4) is 0 Å². The van der Waals surface area contributed by atoms with Crippen LogP contribution in [0, 0.1) is 53.7 Å². The second-order valence-electron chi connectivity index (χ2n) is 5.05. The summed E-state index contributed by atoms with van der Waals surface area (Å²) in [5, 5.41) is 0. The second kappa shape index (κ2) is 8.20. The Kier molecular flexibility index (Phi) is 7.76. The van der Waals surface area contributed by atoms with E-state index in [0.29, 0.717) is 0 Å². The van der Waals surface area contributed by atoms with Gasteiger partial charge in [-0.2, -0.15) is 69.8 Å². The maximum atomic E-state index is 3.21. The van der Waals surface area contributed by atoms with Crippen molar-refractivity contribution in [1.29, 1.82) is 0 Å². The van der Waals surface area contributed by atoms with Crippen molar-refractivity contribution in [3.8, 4) is 0 Å². The first-order valence-corrected chi connectivity index (χ1v) is 6.31. The molecule has 2 aromatic carbocycles. The molecule has 0 aromatic heterocycles. The molecule has 0 aliphatic carbocycles. The van der Waals surface area contributed by atoms with Crippen molar-refractivity contribution < 1.29 is 17.4 Å². The zero-order valence-corrected chi connectivity index (χ0v) is 14.0. The van der Waals surface area contributed by atoms with Crippen LogP contribution in [0.5, 0.6) is 0 Å². The van der Waals surface area contributed by atoms with Crippen molar-refractivity contribution >= 4 is 0 Å². The van der Waals surface area contributed by atoms with Crippen LogP contribution in [0.2, 0.25) is 0 Å². The first-order valence-electron chi connectivity index (χ1n) is 6.31. The quantitative estimate of drug-likeness (QED) is 0.610. The summed E-state index contributed by atoms with van der Waals surface area (Å²) in [6.07, 6.45) is 0. The molecule has 100 valence electrons. The van der Waals surface area contributed by atoms with Gasteiger partial charge >= 0.3 is 17.4 Å². The van der Waals surface area contributed by atoms with E-state index in [-0.39, 0.29) is 17.4 Å². The van der Waals surface area contributed by atoms with E-state index >= 15 is 0 Å². The zero-order valence-electron chi connectivity index (χ0n) is 12.7. The van der Waals surface area contributed by atoms with E-state index in [1.54, 1.807) is 0 Å². The van der Waals surface area contributed by atoms with Gasteiger partial charge in [0.1, 0.15) is 0 Å². The normalized spacial score (nSPS) is 9.16. The van der Waals surface area contributed by atoms with Crippen molar-refractivity contribution in [3.05, 3.63) is 69.8 Å². The van der Waals surface area contributed by atoms with Crippen LogP contribution < -0.4 is 0 Å². The molecule has 19 heavy (non-hydrogen) atoms. The molecule has 0 aliphatic heterocycles. The number of aryl methyl sites for hydroxylation is 6. The largest absolute Gasteiger partial charge is 2.00 e. The van der Waals surface area contributed by atoms with Crippen molar-refractivity contribution in [2.75, 3.05) is 0 Å². The van der Waals surface area contributed by atoms with Gasteiger partial charge in [0.25, 0.3) is 0 Å². The van der Waals surface area contributed by atoms with E-state index in [1.165, 1.54) is 33.4 Å². The third-order valence-corrected chi connectivity index (χ3v) is 2.57. The number of hydrogen-bond donors (Lipinski definition) is 0. The molecule has 0 saturated heterocycles. The summed E-state index contributed by atoms with van der Waals surface area (Å²) in [6.45, 7) is 12.5.